The highest BCUT2D eigenvalue weighted by molar-refractivity contribution is 5.94. The molecule has 8 heteroatoms. The van der Waals surface area contributed by atoms with E-state index < -0.39 is 43.0 Å². The lowest BCUT2D eigenvalue weighted by atomic mass is 10.1. The molecule has 0 aliphatic heterocycles. The summed E-state index contributed by atoms with van der Waals surface area (Å²) in [7, 11) is 1.33. The van der Waals surface area contributed by atoms with Gasteiger partial charge < -0.3 is 14.4 Å². The summed E-state index contributed by atoms with van der Waals surface area (Å²) in [5.74, 6) is -3.21. The van der Waals surface area contributed by atoms with Gasteiger partial charge in [0.15, 0.2) is 0 Å². The van der Waals surface area contributed by atoms with E-state index in [4.69, 9.17) is 4.74 Å². The van der Waals surface area contributed by atoms with Crippen LogP contribution in [0.4, 0.5) is 8.78 Å². The van der Waals surface area contributed by atoms with E-state index in [1.165, 1.54) is 7.05 Å². The third kappa shape index (κ3) is 8.21. The van der Waals surface area contributed by atoms with Gasteiger partial charge in [0.05, 0.1) is 19.1 Å². The van der Waals surface area contributed by atoms with E-state index in [0.29, 0.717) is 0 Å². The van der Waals surface area contributed by atoms with Crippen LogP contribution in [-0.4, -0.2) is 56.0 Å². The van der Waals surface area contributed by atoms with Gasteiger partial charge in [0.2, 0.25) is 12.3 Å². The Bertz CT molecular complexity index is 362. The zero-order chi connectivity index (χ0) is 16.4. The van der Waals surface area contributed by atoms with Crippen LogP contribution in [-0.2, 0) is 23.9 Å². The number of rotatable bonds is 9. The van der Waals surface area contributed by atoms with E-state index in [9.17, 15) is 23.2 Å². The molecule has 21 heavy (non-hydrogen) atoms. The van der Waals surface area contributed by atoms with Gasteiger partial charge in [-0.05, 0) is 13.8 Å². The summed E-state index contributed by atoms with van der Waals surface area (Å²) in [6.45, 7) is 3.14. The molecule has 0 rings (SSSR count). The van der Waals surface area contributed by atoms with Crippen molar-refractivity contribution in [1.29, 1.82) is 0 Å². The highest BCUT2D eigenvalue weighted by Crippen LogP contribution is 2.14. The molecule has 0 aliphatic rings. The SMILES string of the molecule is CCOC(=O)CC(=O)N(C)CC(CC(F)F)C(=O)OCC. The maximum absolute atomic E-state index is 12.5. The van der Waals surface area contributed by atoms with Crippen LogP contribution in [0, 0.1) is 5.92 Å². The van der Waals surface area contributed by atoms with Crippen molar-refractivity contribution in [3.63, 3.8) is 0 Å². The Balaban J connectivity index is 4.56. The molecular weight excluding hydrogens is 288 g/mol. The van der Waals surface area contributed by atoms with Gasteiger partial charge in [-0.15, -0.1) is 0 Å². The van der Waals surface area contributed by atoms with Crippen molar-refractivity contribution in [2.75, 3.05) is 26.8 Å². The molecule has 0 bridgehead atoms. The summed E-state index contributed by atoms with van der Waals surface area (Å²) in [4.78, 5) is 35.5. The normalized spacial score (nSPS) is 11.9. The Kier molecular flexibility index (Phi) is 9.23. The Labute approximate surface area is 122 Å². The summed E-state index contributed by atoms with van der Waals surface area (Å²) in [6.07, 6.45) is -3.88. The van der Waals surface area contributed by atoms with Gasteiger partial charge in [-0.1, -0.05) is 0 Å². The van der Waals surface area contributed by atoms with Crippen LogP contribution in [0.15, 0.2) is 0 Å². The molecule has 0 aliphatic carbocycles. The smallest absolute Gasteiger partial charge is 0.315 e. The monoisotopic (exact) mass is 309 g/mol. The molecule has 0 fully saturated rings. The van der Waals surface area contributed by atoms with Gasteiger partial charge in [-0.3, -0.25) is 14.4 Å². The highest BCUT2D eigenvalue weighted by atomic mass is 19.3. The summed E-state index contributed by atoms with van der Waals surface area (Å²) < 4.78 is 34.2. The van der Waals surface area contributed by atoms with Crippen molar-refractivity contribution in [2.24, 2.45) is 5.92 Å². The predicted octanol–water partition coefficient (Wildman–Crippen LogP) is 1.23. The number of nitrogens with zero attached hydrogens (tertiary/aromatic N) is 1. The Morgan fingerprint density at radius 1 is 1.10 bits per heavy atom. The fourth-order valence-electron chi connectivity index (χ4n) is 1.62. The Morgan fingerprint density at radius 3 is 2.14 bits per heavy atom. The molecular formula is C13H21F2NO5. The topological polar surface area (TPSA) is 72.9 Å². The molecule has 0 heterocycles. The lowest BCUT2D eigenvalue weighted by Gasteiger charge is -2.22. The van der Waals surface area contributed by atoms with Gasteiger partial charge in [-0.2, -0.15) is 0 Å². The minimum absolute atomic E-state index is 0.0685. The number of amides is 1. The van der Waals surface area contributed by atoms with Gasteiger partial charge in [0.1, 0.15) is 6.42 Å². The number of esters is 2. The second kappa shape index (κ2) is 10.1. The lowest BCUT2D eigenvalue weighted by molar-refractivity contribution is -0.151. The second-order valence-corrected chi connectivity index (χ2v) is 4.33. The average molecular weight is 309 g/mol. The Morgan fingerprint density at radius 2 is 1.67 bits per heavy atom. The Hall–Kier alpha value is -1.73. The molecule has 0 aromatic carbocycles. The molecule has 0 aromatic heterocycles. The third-order valence-corrected chi connectivity index (χ3v) is 2.60. The zero-order valence-corrected chi connectivity index (χ0v) is 12.4. The van der Waals surface area contributed by atoms with Crippen molar-refractivity contribution >= 4 is 17.8 Å². The zero-order valence-electron chi connectivity index (χ0n) is 12.4. The molecule has 6 nitrogen and oxygen atoms in total. The van der Waals surface area contributed by atoms with Crippen molar-refractivity contribution in [3.05, 3.63) is 0 Å². The van der Waals surface area contributed by atoms with Crippen LogP contribution in [0.25, 0.3) is 0 Å². The van der Waals surface area contributed by atoms with E-state index in [1.54, 1.807) is 13.8 Å². The summed E-state index contributed by atoms with van der Waals surface area (Å²) in [6, 6.07) is 0. The van der Waals surface area contributed by atoms with E-state index in [0.717, 1.165) is 4.90 Å². The van der Waals surface area contributed by atoms with E-state index >= 15 is 0 Å². The van der Waals surface area contributed by atoms with Crippen LogP contribution in [0.3, 0.4) is 0 Å². The predicted molar refractivity (Wildman–Crippen MR) is 69.6 cm³/mol. The minimum Gasteiger partial charge on any atom is -0.466 e. The van der Waals surface area contributed by atoms with E-state index in [-0.39, 0.29) is 19.8 Å². The number of carbonyl (C=O) groups excluding carboxylic acids is 3. The third-order valence-electron chi connectivity index (χ3n) is 2.60. The van der Waals surface area contributed by atoms with E-state index in [1.807, 2.05) is 0 Å². The summed E-state index contributed by atoms with van der Waals surface area (Å²) in [5.41, 5.74) is 0. The van der Waals surface area contributed by atoms with Crippen LogP contribution in [0.1, 0.15) is 26.7 Å². The number of hydrogen-bond acceptors (Lipinski definition) is 5. The molecule has 1 atom stereocenters. The first-order chi connectivity index (χ1) is 9.81. The van der Waals surface area contributed by atoms with E-state index in [2.05, 4.69) is 4.74 Å². The number of carbonyl (C=O) groups is 3. The maximum Gasteiger partial charge on any atom is 0.315 e. The fourth-order valence-corrected chi connectivity index (χ4v) is 1.62. The van der Waals surface area contributed by atoms with Crippen LogP contribution in [0.5, 0.6) is 0 Å². The maximum atomic E-state index is 12.5. The largest absolute Gasteiger partial charge is 0.466 e. The van der Waals surface area contributed by atoms with Crippen molar-refractivity contribution in [2.45, 2.75) is 33.1 Å². The van der Waals surface area contributed by atoms with Gasteiger partial charge >= 0.3 is 11.9 Å². The first-order valence-corrected chi connectivity index (χ1v) is 6.66. The average Bonchev–Trinajstić information content (AvgIpc) is 2.37. The molecule has 0 saturated heterocycles. The number of hydrogen-bond donors (Lipinski definition) is 0. The summed E-state index contributed by atoms with van der Waals surface area (Å²) >= 11 is 0. The summed E-state index contributed by atoms with van der Waals surface area (Å²) in [5, 5.41) is 0. The first kappa shape index (κ1) is 19.3. The van der Waals surface area contributed by atoms with Gasteiger partial charge in [0.25, 0.3) is 0 Å². The molecule has 0 spiro atoms. The first-order valence-electron chi connectivity index (χ1n) is 6.66. The fraction of sp³-hybridized carbons (Fsp3) is 0.769. The van der Waals surface area contributed by atoms with Crippen molar-refractivity contribution in [3.8, 4) is 0 Å². The molecule has 0 aromatic rings. The standard InChI is InChI=1S/C13H21F2NO5/c1-4-20-12(18)7-11(17)16(3)8-9(6-10(14)15)13(19)21-5-2/h9-10H,4-8H2,1-3H3. The molecule has 1 unspecified atom stereocenters. The van der Waals surface area contributed by atoms with Gasteiger partial charge in [0, 0.05) is 20.0 Å². The lowest BCUT2D eigenvalue weighted by Crippen LogP contribution is -2.37. The minimum atomic E-state index is -2.69. The molecule has 0 N–H and O–H groups in total. The van der Waals surface area contributed by atoms with Crippen LogP contribution < -0.4 is 0 Å². The quantitative estimate of drug-likeness (QED) is 0.473. The molecule has 122 valence electrons. The number of ether oxygens (including phenoxy) is 2. The van der Waals surface area contributed by atoms with Crippen molar-refractivity contribution < 1.29 is 32.6 Å². The van der Waals surface area contributed by atoms with Crippen LogP contribution in [0.2, 0.25) is 0 Å². The van der Waals surface area contributed by atoms with Crippen molar-refractivity contribution in [1.82, 2.24) is 4.90 Å². The molecule has 1 amide bonds. The second-order valence-electron chi connectivity index (χ2n) is 4.33. The number of alkyl halides is 2. The number of halogens is 2. The van der Waals surface area contributed by atoms with Gasteiger partial charge in [-0.25, -0.2) is 8.78 Å². The van der Waals surface area contributed by atoms with Crippen LogP contribution >= 0.6 is 0 Å². The molecule has 0 saturated carbocycles. The highest BCUT2D eigenvalue weighted by Gasteiger charge is 2.27. The molecule has 0 radical (unpaired) electrons.